The highest BCUT2D eigenvalue weighted by Crippen LogP contribution is 2.23. The molecule has 6 heteroatoms. The number of aliphatic hydroxyl groups is 1. The van der Waals surface area contributed by atoms with Crippen LogP contribution in [0.4, 0.5) is 10.5 Å². The molecular weight excluding hydrogens is 304 g/mol. The Bertz CT molecular complexity index is 628. The largest absolute Gasteiger partial charge is 0.501 e. The molecule has 5 nitrogen and oxygen atoms in total. The summed E-state index contributed by atoms with van der Waals surface area (Å²) in [4.78, 5) is 11.9. The van der Waals surface area contributed by atoms with Crippen LogP contribution in [0, 0.1) is 6.92 Å². The van der Waals surface area contributed by atoms with Crippen LogP contribution < -0.4 is 10.6 Å². The molecule has 0 fully saturated rings. The number of halogens is 1. The fourth-order valence-corrected chi connectivity index (χ4v) is 2.28. The SMILES string of the molecule is COC1=CC=CC(O)(CNC(=O)Nc2ccc(C)c(Cl)c2)C1. The maximum atomic E-state index is 11.9. The van der Waals surface area contributed by atoms with Crippen LogP contribution in [-0.2, 0) is 4.74 Å². The van der Waals surface area contributed by atoms with E-state index in [2.05, 4.69) is 10.6 Å². The zero-order valence-electron chi connectivity index (χ0n) is 12.5. The Morgan fingerprint density at radius 2 is 2.27 bits per heavy atom. The third-order valence-corrected chi connectivity index (χ3v) is 3.82. The lowest BCUT2D eigenvalue weighted by atomic mass is 9.94. The fourth-order valence-electron chi connectivity index (χ4n) is 2.09. The van der Waals surface area contributed by atoms with Gasteiger partial charge in [0.1, 0.15) is 5.60 Å². The molecule has 0 heterocycles. The van der Waals surface area contributed by atoms with Gasteiger partial charge in [-0.15, -0.1) is 0 Å². The van der Waals surface area contributed by atoms with Gasteiger partial charge in [0.2, 0.25) is 0 Å². The zero-order valence-corrected chi connectivity index (χ0v) is 13.3. The van der Waals surface area contributed by atoms with E-state index >= 15 is 0 Å². The van der Waals surface area contributed by atoms with Gasteiger partial charge in [-0.1, -0.05) is 29.8 Å². The summed E-state index contributed by atoms with van der Waals surface area (Å²) in [6.45, 7) is 1.97. The maximum absolute atomic E-state index is 11.9. The van der Waals surface area contributed by atoms with Gasteiger partial charge in [0.15, 0.2) is 0 Å². The van der Waals surface area contributed by atoms with E-state index in [9.17, 15) is 9.90 Å². The Morgan fingerprint density at radius 3 is 2.95 bits per heavy atom. The first kappa shape index (κ1) is 16.4. The minimum atomic E-state index is -1.15. The Morgan fingerprint density at radius 1 is 1.50 bits per heavy atom. The molecule has 118 valence electrons. The van der Waals surface area contributed by atoms with Gasteiger partial charge in [-0.05, 0) is 30.7 Å². The molecule has 0 bridgehead atoms. The molecule has 0 radical (unpaired) electrons. The van der Waals surface area contributed by atoms with E-state index in [1.54, 1.807) is 37.5 Å². The van der Waals surface area contributed by atoms with Crippen molar-refractivity contribution < 1.29 is 14.6 Å². The summed E-state index contributed by atoms with van der Waals surface area (Å²) in [7, 11) is 1.55. The van der Waals surface area contributed by atoms with Crippen molar-refractivity contribution in [3.8, 4) is 0 Å². The Balaban J connectivity index is 1.89. The number of allylic oxidation sites excluding steroid dienone is 2. The third kappa shape index (κ3) is 4.26. The summed E-state index contributed by atoms with van der Waals surface area (Å²) in [5, 5.41) is 16.3. The third-order valence-electron chi connectivity index (χ3n) is 3.42. The van der Waals surface area contributed by atoms with Crippen LogP contribution in [0.25, 0.3) is 0 Å². The predicted octanol–water partition coefficient (Wildman–Crippen LogP) is 2.99. The molecule has 0 saturated carbocycles. The molecule has 0 spiro atoms. The molecule has 3 N–H and O–H groups in total. The Hall–Kier alpha value is -1.98. The molecule has 0 aliphatic heterocycles. The molecule has 1 aliphatic carbocycles. The monoisotopic (exact) mass is 322 g/mol. The highest BCUT2D eigenvalue weighted by molar-refractivity contribution is 6.31. The lowest BCUT2D eigenvalue weighted by molar-refractivity contribution is 0.0735. The van der Waals surface area contributed by atoms with E-state index in [1.165, 1.54) is 0 Å². The number of amides is 2. The number of carbonyl (C=O) groups is 1. The molecule has 0 aromatic heterocycles. The molecule has 1 aromatic carbocycles. The van der Waals surface area contributed by atoms with Gasteiger partial charge in [-0.3, -0.25) is 0 Å². The fraction of sp³-hybridized carbons (Fsp3) is 0.312. The van der Waals surface area contributed by atoms with E-state index in [4.69, 9.17) is 16.3 Å². The van der Waals surface area contributed by atoms with Crippen LogP contribution >= 0.6 is 11.6 Å². The van der Waals surface area contributed by atoms with Crippen LogP contribution in [0.3, 0.4) is 0 Å². The van der Waals surface area contributed by atoms with Crippen LogP contribution in [-0.4, -0.2) is 30.4 Å². The minimum Gasteiger partial charge on any atom is -0.501 e. The summed E-state index contributed by atoms with van der Waals surface area (Å²) in [5.74, 6) is 0.664. The van der Waals surface area contributed by atoms with Crippen molar-refractivity contribution in [3.05, 3.63) is 52.8 Å². The summed E-state index contributed by atoms with van der Waals surface area (Å²) in [6.07, 6.45) is 5.44. The van der Waals surface area contributed by atoms with Gasteiger partial charge in [-0.2, -0.15) is 0 Å². The van der Waals surface area contributed by atoms with Gasteiger partial charge < -0.3 is 20.5 Å². The van der Waals surface area contributed by atoms with E-state index < -0.39 is 11.6 Å². The smallest absolute Gasteiger partial charge is 0.319 e. The van der Waals surface area contributed by atoms with E-state index in [-0.39, 0.29) is 6.54 Å². The molecule has 22 heavy (non-hydrogen) atoms. The highest BCUT2D eigenvalue weighted by Gasteiger charge is 2.28. The van der Waals surface area contributed by atoms with Crippen molar-refractivity contribution in [1.29, 1.82) is 0 Å². The van der Waals surface area contributed by atoms with Crippen LogP contribution in [0.5, 0.6) is 0 Å². The molecule has 1 unspecified atom stereocenters. The molecule has 2 amide bonds. The Labute approximate surface area is 134 Å². The van der Waals surface area contributed by atoms with Crippen LogP contribution in [0.2, 0.25) is 5.02 Å². The van der Waals surface area contributed by atoms with Crippen molar-refractivity contribution in [1.82, 2.24) is 5.32 Å². The van der Waals surface area contributed by atoms with Crippen molar-refractivity contribution in [2.75, 3.05) is 19.0 Å². The van der Waals surface area contributed by atoms with E-state index in [0.717, 1.165) is 5.56 Å². The lowest BCUT2D eigenvalue weighted by Crippen LogP contribution is -2.44. The standard InChI is InChI=1S/C16H19ClN2O3/c1-11-5-6-12(8-14(11)17)19-15(20)18-10-16(21)7-3-4-13(9-16)22-2/h3-8,21H,9-10H2,1-2H3,(H2,18,19,20). The van der Waals surface area contributed by atoms with Gasteiger partial charge in [-0.25, -0.2) is 4.79 Å². The molecule has 1 aromatic rings. The minimum absolute atomic E-state index is 0.0790. The number of rotatable bonds is 4. The highest BCUT2D eigenvalue weighted by atomic mass is 35.5. The normalized spacial score (nSPS) is 20.3. The van der Waals surface area contributed by atoms with Gasteiger partial charge >= 0.3 is 6.03 Å². The quantitative estimate of drug-likeness (QED) is 0.798. The van der Waals surface area contributed by atoms with Gasteiger partial charge in [0.25, 0.3) is 0 Å². The second-order valence-electron chi connectivity index (χ2n) is 5.25. The van der Waals surface area contributed by atoms with Crippen molar-refractivity contribution >= 4 is 23.3 Å². The Kier molecular flexibility index (Phi) is 5.11. The summed E-state index contributed by atoms with van der Waals surface area (Å²) in [5.41, 5.74) is 0.382. The number of ether oxygens (including phenoxy) is 1. The maximum Gasteiger partial charge on any atom is 0.319 e. The average Bonchev–Trinajstić information content (AvgIpc) is 2.49. The number of hydrogen-bond donors (Lipinski definition) is 3. The van der Waals surface area contributed by atoms with Gasteiger partial charge in [0, 0.05) is 17.1 Å². The predicted molar refractivity (Wildman–Crippen MR) is 87.0 cm³/mol. The van der Waals surface area contributed by atoms with Crippen molar-refractivity contribution in [2.24, 2.45) is 0 Å². The molecule has 1 atom stereocenters. The average molecular weight is 323 g/mol. The first-order valence-electron chi connectivity index (χ1n) is 6.88. The number of urea groups is 1. The number of aryl methyl sites for hydroxylation is 1. The number of anilines is 1. The first-order valence-corrected chi connectivity index (χ1v) is 7.25. The molecule has 0 saturated heterocycles. The van der Waals surface area contributed by atoms with Crippen LogP contribution in [0.15, 0.2) is 42.2 Å². The van der Waals surface area contributed by atoms with Crippen molar-refractivity contribution in [2.45, 2.75) is 18.9 Å². The summed E-state index contributed by atoms with van der Waals surface area (Å²) >= 11 is 6.01. The topological polar surface area (TPSA) is 70.6 Å². The lowest BCUT2D eigenvalue weighted by Gasteiger charge is -2.27. The van der Waals surface area contributed by atoms with E-state index in [0.29, 0.717) is 22.9 Å². The van der Waals surface area contributed by atoms with Crippen molar-refractivity contribution in [3.63, 3.8) is 0 Å². The number of carbonyl (C=O) groups excluding carboxylic acids is 1. The molecule has 2 rings (SSSR count). The zero-order chi connectivity index (χ0) is 16.2. The number of methoxy groups -OCH3 is 1. The second-order valence-corrected chi connectivity index (χ2v) is 5.66. The van der Waals surface area contributed by atoms with E-state index in [1.807, 2.05) is 13.0 Å². The van der Waals surface area contributed by atoms with Crippen LogP contribution in [0.1, 0.15) is 12.0 Å². The summed E-state index contributed by atoms with van der Waals surface area (Å²) < 4.78 is 5.12. The number of benzene rings is 1. The van der Waals surface area contributed by atoms with Gasteiger partial charge in [0.05, 0.1) is 19.4 Å². The molecule has 1 aliphatic rings. The molecular formula is C16H19ClN2O3. The number of nitrogens with one attached hydrogen (secondary N) is 2. The first-order chi connectivity index (χ1) is 10.4. The summed E-state index contributed by atoms with van der Waals surface area (Å²) in [6, 6.07) is 4.86. The number of hydrogen-bond acceptors (Lipinski definition) is 3. The second kappa shape index (κ2) is 6.85.